The first kappa shape index (κ1) is 38.6. The molecule has 3 heteroatoms. The minimum atomic E-state index is 0. The number of aromatic nitrogens is 1. The molecule has 1 aliphatic carbocycles. The third-order valence-electron chi connectivity index (χ3n) is 8.42. The van der Waals surface area contributed by atoms with E-state index in [1.807, 2.05) is 27.1 Å². The Morgan fingerprint density at radius 2 is 1.83 bits per heavy atom. The van der Waals surface area contributed by atoms with Gasteiger partial charge in [-0.2, -0.15) is 0 Å². The number of hydrogen-bond donors (Lipinski definition) is 0. The molecule has 0 aliphatic heterocycles. The number of pyridine rings is 1. The van der Waals surface area contributed by atoms with Crippen LogP contribution in [-0.2, 0) is 17.6 Å². The van der Waals surface area contributed by atoms with Crippen LogP contribution in [0, 0.1) is 25.2 Å². The summed E-state index contributed by atoms with van der Waals surface area (Å²) in [5, 5.41) is 1.30. The van der Waals surface area contributed by atoms with Gasteiger partial charge in [-0.3, -0.25) is 9.98 Å². The highest BCUT2D eigenvalue weighted by atomic mass is 16.1. The van der Waals surface area contributed by atoms with Gasteiger partial charge in [0.25, 0.3) is 0 Å². The van der Waals surface area contributed by atoms with E-state index in [4.69, 9.17) is 0 Å². The second-order valence-electron chi connectivity index (χ2n) is 13.4. The molecular weight excluding hydrogens is 560 g/mol. The summed E-state index contributed by atoms with van der Waals surface area (Å²) in [5.41, 5.74) is 11.6. The first-order valence-corrected chi connectivity index (χ1v) is 17.4. The summed E-state index contributed by atoms with van der Waals surface area (Å²) >= 11 is 0. The van der Waals surface area contributed by atoms with Gasteiger partial charge in [-0.05, 0) is 112 Å². The predicted molar refractivity (Wildman–Crippen MR) is 204 cm³/mol. The summed E-state index contributed by atoms with van der Waals surface area (Å²) in [5.74, 6) is 0.517. The average Bonchev–Trinajstić information content (AvgIpc) is 3.23. The zero-order chi connectivity index (χ0) is 34.1. The molecule has 1 heterocycles. The van der Waals surface area contributed by atoms with Crippen LogP contribution in [-0.4, -0.2) is 24.0 Å². The van der Waals surface area contributed by atoms with E-state index in [9.17, 15) is 4.79 Å². The highest BCUT2D eigenvalue weighted by Gasteiger charge is 2.18. The number of nitrogens with zero attached hydrogens (tertiary/aromatic N) is 2. The van der Waals surface area contributed by atoms with Crippen LogP contribution in [0.15, 0.2) is 89.1 Å². The van der Waals surface area contributed by atoms with Crippen LogP contribution >= 0.6 is 0 Å². The number of hydrogen-bond acceptors (Lipinski definition) is 3. The summed E-state index contributed by atoms with van der Waals surface area (Å²) in [6, 6.07) is 15.6. The molecule has 3 nitrogen and oxygen atoms in total. The molecule has 0 spiro atoms. The van der Waals surface area contributed by atoms with Crippen molar-refractivity contribution >= 4 is 22.9 Å². The van der Waals surface area contributed by atoms with Crippen molar-refractivity contribution in [1.29, 1.82) is 0 Å². The maximum Gasteiger partial charge on any atom is 0.124 e. The highest BCUT2D eigenvalue weighted by molar-refractivity contribution is 5.99. The Morgan fingerprint density at radius 3 is 2.48 bits per heavy atom. The van der Waals surface area contributed by atoms with Gasteiger partial charge < -0.3 is 4.79 Å². The van der Waals surface area contributed by atoms with E-state index in [2.05, 4.69) is 125 Å². The average molecular weight is 623 g/mol. The second kappa shape index (κ2) is 19.8. The van der Waals surface area contributed by atoms with Crippen molar-refractivity contribution < 1.29 is 6.22 Å². The zero-order valence-electron chi connectivity index (χ0n) is 30.5. The van der Waals surface area contributed by atoms with Gasteiger partial charge in [0.05, 0.1) is 5.52 Å². The third kappa shape index (κ3) is 12.7. The first-order valence-electron chi connectivity index (χ1n) is 17.4. The number of benzene rings is 2. The number of aryl methyl sites for hydroxylation is 3. The summed E-state index contributed by atoms with van der Waals surface area (Å²) in [6.07, 6.45) is 20.2. The van der Waals surface area contributed by atoms with Crippen molar-refractivity contribution in [2.24, 2.45) is 16.3 Å². The largest absolute Gasteiger partial charge is 0.303 e. The molecule has 0 unspecified atom stereocenters. The Kier molecular flexibility index (Phi) is 16.6. The number of aliphatic imine (C=N–C) groups is 1. The normalized spacial score (nSPS) is 15.3. The maximum atomic E-state index is 11.0. The van der Waals surface area contributed by atoms with E-state index >= 15 is 0 Å². The zero-order valence-corrected chi connectivity index (χ0v) is 30.5. The van der Waals surface area contributed by atoms with E-state index < -0.39 is 0 Å². The Bertz CT molecular complexity index is 1520. The van der Waals surface area contributed by atoms with Crippen LogP contribution in [0.1, 0.15) is 116 Å². The smallest absolute Gasteiger partial charge is 0.124 e. The van der Waals surface area contributed by atoms with E-state index in [1.165, 1.54) is 57.2 Å². The lowest BCUT2D eigenvalue weighted by atomic mass is 9.86. The van der Waals surface area contributed by atoms with Gasteiger partial charge in [-0.25, -0.2) is 0 Å². The van der Waals surface area contributed by atoms with Crippen molar-refractivity contribution in [1.82, 2.24) is 4.98 Å². The molecule has 0 bridgehead atoms. The summed E-state index contributed by atoms with van der Waals surface area (Å²) in [6.45, 7) is 19.2. The van der Waals surface area contributed by atoms with Gasteiger partial charge in [-0.1, -0.05) is 107 Å². The Hall–Kier alpha value is -3.59. The van der Waals surface area contributed by atoms with Crippen LogP contribution in [0.3, 0.4) is 0 Å². The van der Waals surface area contributed by atoms with Crippen molar-refractivity contribution in [2.45, 2.75) is 114 Å². The molecule has 0 saturated carbocycles. The molecule has 0 N–H and O–H groups in total. The Balaban J connectivity index is 0.000000440. The Labute approximate surface area is 282 Å². The van der Waals surface area contributed by atoms with Gasteiger partial charge in [0.15, 0.2) is 0 Å². The maximum absolute atomic E-state index is 11.0. The van der Waals surface area contributed by atoms with Crippen LogP contribution in [0.25, 0.3) is 10.9 Å². The lowest BCUT2D eigenvalue weighted by molar-refractivity contribution is -0.107. The molecule has 2 aromatic carbocycles. The number of allylic oxidation sites excluding steroid dienone is 6. The Morgan fingerprint density at radius 1 is 1.07 bits per heavy atom. The standard InChI is InChI=1S/C22H25N.C19H29NO.C2H6.H2/c1-4-5-9-19-15-22-21(13-17(19)3)20(10-11-23-22)14-18-8-6-7-16(2)12-18;1-15-7-6-8-16(10-9-15)13-17(11-12-21)14-18(20-5)19(2,3)4;1-2;/h6-8,10-13,15H,4-5,9,14H2,1-3H3;7,9-10,12,14,16H,6,8,11,13H2,1-5H3;1-2H3;1H/b;17-14-,20-18?;;/t;16-;;/m.0../s1. The van der Waals surface area contributed by atoms with Crippen molar-refractivity contribution in [3.63, 3.8) is 0 Å². The molecule has 0 fully saturated rings. The molecule has 1 aliphatic rings. The molecule has 1 atom stereocenters. The molecule has 0 radical (unpaired) electrons. The predicted octanol–water partition coefficient (Wildman–Crippen LogP) is 12.0. The molecule has 250 valence electrons. The van der Waals surface area contributed by atoms with Gasteiger partial charge in [0, 0.05) is 37.6 Å². The summed E-state index contributed by atoms with van der Waals surface area (Å²) in [4.78, 5) is 20.0. The van der Waals surface area contributed by atoms with Gasteiger partial charge >= 0.3 is 0 Å². The third-order valence-corrected chi connectivity index (χ3v) is 8.42. The SMILES string of the molecule is CC.CCCCc1cc2nccc(Cc3cccc(C)c3)c2cc1C.CN=C(/C=C(/CC=O)C[C@@H]1C=CC(C)=CCC1)C(C)(C)C.[HH]. The summed E-state index contributed by atoms with van der Waals surface area (Å²) in [7, 11) is 1.83. The van der Waals surface area contributed by atoms with E-state index in [1.54, 1.807) is 0 Å². The fourth-order valence-corrected chi connectivity index (χ4v) is 5.84. The number of unbranched alkanes of at least 4 members (excludes halogenated alkanes) is 1. The number of aldehydes is 1. The molecule has 0 saturated heterocycles. The topological polar surface area (TPSA) is 42.3 Å². The fourth-order valence-electron chi connectivity index (χ4n) is 5.84. The fraction of sp³-hybridized carbons (Fsp3) is 0.465. The van der Waals surface area contributed by atoms with E-state index in [0.29, 0.717) is 12.3 Å². The molecular formula is C43H62N2O. The van der Waals surface area contributed by atoms with Gasteiger partial charge in [0.2, 0.25) is 0 Å². The van der Waals surface area contributed by atoms with Crippen LogP contribution < -0.4 is 0 Å². The minimum absolute atomic E-state index is 0. The van der Waals surface area contributed by atoms with Crippen molar-refractivity contribution in [2.75, 3.05) is 7.05 Å². The first-order chi connectivity index (χ1) is 22.0. The quantitative estimate of drug-likeness (QED) is 0.167. The van der Waals surface area contributed by atoms with Crippen LogP contribution in [0.2, 0.25) is 0 Å². The van der Waals surface area contributed by atoms with Gasteiger partial charge in [-0.15, -0.1) is 0 Å². The minimum Gasteiger partial charge on any atom is -0.303 e. The lowest BCUT2D eigenvalue weighted by Crippen LogP contribution is -2.19. The van der Waals surface area contributed by atoms with Gasteiger partial charge in [0.1, 0.15) is 6.29 Å². The van der Waals surface area contributed by atoms with Crippen molar-refractivity contribution in [3.05, 3.63) is 112 Å². The second-order valence-corrected chi connectivity index (χ2v) is 13.4. The summed E-state index contributed by atoms with van der Waals surface area (Å²) < 4.78 is 0. The monoisotopic (exact) mass is 622 g/mol. The number of carbonyl (C=O) groups excluding carboxylic acids is 1. The number of carbonyl (C=O) groups is 1. The number of fused-ring (bicyclic) bond motifs is 1. The molecule has 46 heavy (non-hydrogen) atoms. The van der Waals surface area contributed by atoms with E-state index in [-0.39, 0.29) is 6.84 Å². The molecule has 3 aromatic rings. The highest BCUT2D eigenvalue weighted by Crippen LogP contribution is 2.27. The lowest BCUT2D eigenvalue weighted by Gasteiger charge is -2.20. The number of rotatable bonds is 10. The van der Waals surface area contributed by atoms with E-state index in [0.717, 1.165) is 49.6 Å². The van der Waals surface area contributed by atoms with Crippen molar-refractivity contribution in [3.8, 4) is 0 Å². The van der Waals surface area contributed by atoms with Crippen LogP contribution in [0.5, 0.6) is 0 Å². The molecule has 1 aromatic heterocycles. The molecule has 0 amide bonds. The molecule has 4 rings (SSSR count). The van der Waals surface area contributed by atoms with Crippen LogP contribution in [0.4, 0.5) is 0 Å².